The molecule has 1 aromatic carbocycles. The molecule has 2 N–H and O–H groups in total. The largest absolute Gasteiger partial charge is 0.327 e. The number of rotatable bonds is 2. The van der Waals surface area contributed by atoms with Crippen molar-refractivity contribution in [1.29, 1.82) is 0 Å². The molecule has 2 nitrogen and oxygen atoms in total. The summed E-state index contributed by atoms with van der Waals surface area (Å²) in [4.78, 5) is 2.50. The molecule has 0 aliphatic carbocycles. The van der Waals surface area contributed by atoms with Crippen LogP contribution in [0.3, 0.4) is 0 Å². The van der Waals surface area contributed by atoms with Gasteiger partial charge in [-0.15, -0.1) is 24.8 Å². The second-order valence-corrected chi connectivity index (χ2v) is 4.65. The van der Waals surface area contributed by atoms with Gasteiger partial charge in [0.25, 0.3) is 0 Å². The lowest BCUT2D eigenvalue weighted by molar-refractivity contribution is 0.158. The molecule has 4 heteroatoms. The summed E-state index contributed by atoms with van der Waals surface area (Å²) in [5.41, 5.74) is 7.41. The lowest BCUT2D eigenvalue weighted by atomic mass is 9.94. The third-order valence-electron chi connectivity index (χ3n) is 3.30. The first-order chi connectivity index (χ1) is 7.25. The normalized spacial score (nSPS) is 24.6. The van der Waals surface area contributed by atoms with E-state index >= 15 is 0 Å². The zero-order valence-corrected chi connectivity index (χ0v) is 11.8. The van der Waals surface area contributed by atoms with Crippen LogP contribution in [-0.2, 0) is 6.54 Å². The van der Waals surface area contributed by atoms with E-state index in [2.05, 4.69) is 42.2 Å². The molecule has 1 aliphatic heterocycles. The lowest BCUT2D eigenvalue weighted by Crippen LogP contribution is -2.45. The van der Waals surface area contributed by atoms with Crippen LogP contribution < -0.4 is 5.73 Å². The van der Waals surface area contributed by atoms with Crippen LogP contribution in [0.15, 0.2) is 30.3 Å². The molecular weight excluding hydrogens is 255 g/mol. The monoisotopic (exact) mass is 276 g/mol. The standard InChI is InChI=1S/C13H20N2.2ClH/c1-11-9-15(8-7-13(11)14)10-12-5-3-2-4-6-12;;/h2-6,11,13H,7-10,14H2,1H3;2*1H/t11-,13-;;/m1../s1. The molecular formula is C13H22Cl2N2. The van der Waals surface area contributed by atoms with E-state index in [0.29, 0.717) is 12.0 Å². The van der Waals surface area contributed by atoms with Gasteiger partial charge in [-0.2, -0.15) is 0 Å². The van der Waals surface area contributed by atoms with Crippen LogP contribution in [0.2, 0.25) is 0 Å². The Labute approximate surface area is 116 Å². The minimum atomic E-state index is 0. The molecule has 0 radical (unpaired) electrons. The molecule has 2 rings (SSSR count). The van der Waals surface area contributed by atoms with E-state index < -0.39 is 0 Å². The maximum Gasteiger partial charge on any atom is 0.0233 e. The zero-order valence-electron chi connectivity index (χ0n) is 10.2. The maximum atomic E-state index is 6.01. The number of nitrogens with zero attached hydrogens (tertiary/aromatic N) is 1. The van der Waals surface area contributed by atoms with Crippen LogP contribution in [0, 0.1) is 5.92 Å². The van der Waals surface area contributed by atoms with Gasteiger partial charge < -0.3 is 5.73 Å². The van der Waals surface area contributed by atoms with Crippen LogP contribution >= 0.6 is 24.8 Å². The third-order valence-corrected chi connectivity index (χ3v) is 3.30. The van der Waals surface area contributed by atoms with Gasteiger partial charge >= 0.3 is 0 Å². The molecule has 1 heterocycles. The van der Waals surface area contributed by atoms with Crippen molar-refractivity contribution in [1.82, 2.24) is 4.90 Å². The number of hydrogen-bond donors (Lipinski definition) is 1. The number of benzene rings is 1. The quantitative estimate of drug-likeness (QED) is 0.900. The van der Waals surface area contributed by atoms with E-state index in [1.165, 1.54) is 5.56 Å². The second-order valence-electron chi connectivity index (χ2n) is 4.65. The topological polar surface area (TPSA) is 29.3 Å². The summed E-state index contributed by atoms with van der Waals surface area (Å²) >= 11 is 0. The van der Waals surface area contributed by atoms with Gasteiger partial charge in [-0.1, -0.05) is 37.3 Å². The number of piperidine rings is 1. The van der Waals surface area contributed by atoms with Gasteiger partial charge in [0, 0.05) is 19.1 Å². The summed E-state index contributed by atoms with van der Waals surface area (Å²) < 4.78 is 0. The molecule has 1 aliphatic rings. The summed E-state index contributed by atoms with van der Waals surface area (Å²) in [6.45, 7) is 5.59. The third kappa shape index (κ3) is 4.84. The van der Waals surface area contributed by atoms with Crippen molar-refractivity contribution in [2.75, 3.05) is 13.1 Å². The highest BCUT2D eigenvalue weighted by Crippen LogP contribution is 2.16. The Morgan fingerprint density at radius 1 is 1.24 bits per heavy atom. The zero-order chi connectivity index (χ0) is 10.7. The van der Waals surface area contributed by atoms with Crippen molar-refractivity contribution >= 4 is 24.8 Å². The first kappa shape index (κ1) is 16.7. The van der Waals surface area contributed by atoms with Crippen molar-refractivity contribution in [3.8, 4) is 0 Å². The number of likely N-dealkylation sites (tertiary alicyclic amines) is 1. The highest BCUT2D eigenvalue weighted by Gasteiger charge is 2.22. The fourth-order valence-electron chi connectivity index (χ4n) is 2.24. The van der Waals surface area contributed by atoms with E-state index in [0.717, 1.165) is 26.1 Å². The number of hydrogen-bond acceptors (Lipinski definition) is 2. The smallest absolute Gasteiger partial charge is 0.0233 e. The van der Waals surface area contributed by atoms with Crippen LogP contribution in [0.5, 0.6) is 0 Å². The van der Waals surface area contributed by atoms with Gasteiger partial charge in [0.2, 0.25) is 0 Å². The molecule has 17 heavy (non-hydrogen) atoms. The van der Waals surface area contributed by atoms with Crippen LogP contribution in [0.25, 0.3) is 0 Å². The average molecular weight is 277 g/mol. The van der Waals surface area contributed by atoms with E-state index in [1.54, 1.807) is 0 Å². The van der Waals surface area contributed by atoms with E-state index in [9.17, 15) is 0 Å². The van der Waals surface area contributed by atoms with Gasteiger partial charge in [0.1, 0.15) is 0 Å². The molecule has 0 saturated carbocycles. The Balaban J connectivity index is 0.00000128. The molecule has 1 saturated heterocycles. The van der Waals surface area contributed by atoms with Crippen molar-refractivity contribution in [2.45, 2.75) is 25.9 Å². The van der Waals surface area contributed by atoms with Crippen LogP contribution in [-0.4, -0.2) is 24.0 Å². The van der Waals surface area contributed by atoms with Crippen molar-refractivity contribution in [2.24, 2.45) is 11.7 Å². The summed E-state index contributed by atoms with van der Waals surface area (Å²) in [6.07, 6.45) is 1.13. The molecule has 0 bridgehead atoms. The highest BCUT2D eigenvalue weighted by molar-refractivity contribution is 5.85. The molecule has 0 spiro atoms. The SMILES string of the molecule is C[C@@H]1CN(Cc2ccccc2)CC[C@H]1N.Cl.Cl. The molecule has 98 valence electrons. The summed E-state index contributed by atoms with van der Waals surface area (Å²) in [7, 11) is 0. The molecule has 0 amide bonds. The predicted octanol–water partition coefficient (Wildman–Crippen LogP) is 2.70. The first-order valence-corrected chi connectivity index (χ1v) is 5.77. The average Bonchev–Trinajstić information content (AvgIpc) is 2.25. The van der Waals surface area contributed by atoms with Crippen molar-refractivity contribution < 1.29 is 0 Å². The number of halogens is 2. The van der Waals surface area contributed by atoms with E-state index in [1.807, 2.05) is 0 Å². The van der Waals surface area contributed by atoms with Gasteiger partial charge in [0.15, 0.2) is 0 Å². The lowest BCUT2D eigenvalue weighted by Gasteiger charge is -2.35. The number of nitrogens with two attached hydrogens (primary N) is 1. The second kappa shape index (κ2) is 7.93. The van der Waals surface area contributed by atoms with Crippen LogP contribution in [0.1, 0.15) is 18.9 Å². The summed E-state index contributed by atoms with van der Waals surface area (Å²) in [5, 5.41) is 0. The fourth-order valence-corrected chi connectivity index (χ4v) is 2.24. The molecule has 0 unspecified atom stereocenters. The first-order valence-electron chi connectivity index (χ1n) is 5.77. The Morgan fingerprint density at radius 3 is 2.47 bits per heavy atom. The molecule has 2 atom stereocenters. The van der Waals surface area contributed by atoms with Gasteiger partial charge in [-0.05, 0) is 24.4 Å². The summed E-state index contributed by atoms with van der Waals surface area (Å²) in [5.74, 6) is 0.627. The minimum absolute atomic E-state index is 0. The Morgan fingerprint density at radius 2 is 1.88 bits per heavy atom. The maximum absolute atomic E-state index is 6.01. The Hall–Kier alpha value is -0.280. The van der Waals surface area contributed by atoms with Crippen molar-refractivity contribution in [3.63, 3.8) is 0 Å². The Kier molecular flexibility index (Phi) is 7.80. The van der Waals surface area contributed by atoms with Gasteiger partial charge in [0.05, 0.1) is 0 Å². The fraction of sp³-hybridized carbons (Fsp3) is 0.538. The summed E-state index contributed by atoms with van der Waals surface area (Å²) in [6, 6.07) is 11.1. The minimum Gasteiger partial charge on any atom is -0.327 e. The molecule has 1 aromatic rings. The molecule has 0 aromatic heterocycles. The van der Waals surface area contributed by atoms with E-state index in [4.69, 9.17) is 5.73 Å². The highest BCUT2D eigenvalue weighted by atomic mass is 35.5. The van der Waals surface area contributed by atoms with E-state index in [-0.39, 0.29) is 24.8 Å². The van der Waals surface area contributed by atoms with Gasteiger partial charge in [-0.3, -0.25) is 4.90 Å². The molecule has 1 fully saturated rings. The van der Waals surface area contributed by atoms with Gasteiger partial charge in [-0.25, -0.2) is 0 Å². The Bertz CT molecular complexity index is 306. The van der Waals surface area contributed by atoms with Crippen LogP contribution in [0.4, 0.5) is 0 Å². The predicted molar refractivity (Wildman–Crippen MR) is 78.0 cm³/mol. The van der Waals surface area contributed by atoms with Crippen molar-refractivity contribution in [3.05, 3.63) is 35.9 Å².